The van der Waals surface area contributed by atoms with Crippen molar-refractivity contribution in [2.75, 3.05) is 32.7 Å². The minimum atomic E-state index is 0.120. The molecule has 0 spiro atoms. The number of aryl methyl sites for hydroxylation is 1. The predicted octanol–water partition coefficient (Wildman–Crippen LogP) is 1.40. The summed E-state index contributed by atoms with van der Waals surface area (Å²) in [7, 11) is 0. The zero-order valence-electron chi connectivity index (χ0n) is 10.8. The second-order valence-corrected chi connectivity index (χ2v) is 5.90. The number of nitrogens with zero attached hydrogens (tertiary/aromatic N) is 2. The monoisotopic (exact) mass is 266 g/mol. The summed E-state index contributed by atoms with van der Waals surface area (Å²) >= 11 is 1.55. The lowest BCUT2D eigenvalue weighted by atomic mass is 10.2. The first-order chi connectivity index (χ1) is 8.56. The van der Waals surface area contributed by atoms with Crippen LogP contribution in [0.25, 0.3) is 0 Å². The molecule has 18 heavy (non-hydrogen) atoms. The summed E-state index contributed by atoms with van der Waals surface area (Å²) in [6.45, 7) is 7.09. The summed E-state index contributed by atoms with van der Waals surface area (Å²) < 4.78 is 0. The molecule has 1 aliphatic rings. The molecular weight excluding hydrogens is 248 g/mol. The minimum absolute atomic E-state index is 0.120. The largest absolute Gasteiger partial charge is 0.340 e. The van der Waals surface area contributed by atoms with Crippen LogP contribution in [0.1, 0.15) is 21.5 Å². The van der Waals surface area contributed by atoms with E-state index in [4.69, 9.17) is 0 Å². The highest BCUT2D eigenvalue weighted by atomic mass is 32.1. The smallest absolute Gasteiger partial charge is 0.219 e. The van der Waals surface area contributed by atoms with Crippen LogP contribution in [0, 0.1) is 6.92 Å². The van der Waals surface area contributed by atoms with Gasteiger partial charge in [0.15, 0.2) is 5.78 Å². The van der Waals surface area contributed by atoms with Gasteiger partial charge in [0.25, 0.3) is 0 Å². The molecule has 1 aromatic rings. The molecule has 0 radical (unpaired) electrons. The van der Waals surface area contributed by atoms with Gasteiger partial charge in [-0.1, -0.05) is 0 Å². The molecule has 5 heteroatoms. The Morgan fingerprint density at radius 2 is 1.89 bits per heavy atom. The molecule has 0 aromatic carbocycles. The number of hydrogen-bond donors (Lipinski definition) is 0. The van der Waals surface area contributed by atoms with Gasteiger partial charge < -0.3 is 4.90 Å². The third-order valence-electron chi connectivity index (χ3n) is 3.20. The predicted molar refractivity (Wildman–Crippen MR) is 72.1 cm³/mol. The molecule has 1 fully saturated rings. The van der Waals surface area contributed by atoms with E-state index < -0.39 is 0 Å². The van der Waals surface area contributed by atoms with Crippen LogP contribution >= 0.6 is 11.3 Å². The Hall–Kier alpha value is -1.20. The van der Waals surface area contributed by atoms with E-state index in [2.05, 4.69) is 4.90 Å². The van der Waals surface area contributed by atoms with Crippen molar-refractivity contribution in [1.29, 1.82) is 0 Å². The maximum Gasteiger partial charge on any atom is 0.219 e. The summed E-state index contributed by atoms with van der Waals surface area (Å²) in [5, 5.41) is 0. The fourth-order valence-electron chi connectivity index (χ4n) is 2.09. The summed E-state index contributed by atoms with van der Waals surface area (Å²) in [5.74, 6) is 0.305. The number of carbonyl (C=O) groups is 2. The molecule has 1 aromatic heterocycles. The summed E-state index contributed by atoms with van der Waals surface area (Å²) in [6, 6.07) is 3.87. The lowest BCUT2D eigenvalue weighted by Gasteiger charge is -2.33. The van der Waals surface area contributed by atoms with Crippen molar-refractivity contribution in [1.82, 2.24) is 9.80 Å². The first-order valence-electron chi connectivity index (χ1n) is 6.14. The van der Waals surface area contributed by atoms with Crippen molar-refractivity contribution in [3.63, 3.8) is 0 Å². The molecule has 1 saturated heterocycles. The second kappa shape index (κ2) is 5.63. The van der Waals surface area contributed by atoms with Crippen molar-refractivity contribution >= 4 is 23.0 Å². The lowest BCUT2D eigenvalue weighted by Crippen LogP contribution is -2.49. The van der Waals surface area contributed by atoms with Crippen molar-refractivity contribution in [3.05, 3.63) is 21.9 Å². The fourth-order valence-corrected chi connectivity index (χ4v) is 2.88. The standard InChI is InChI=1S/C13H18N2O2S/c1-10-3-4-13(18-10)12(17)9-14-5-7-15(8-6-14)11(2)16/h3-4H,5-9H2,1-2H3. The van der Waals surface area contributed by atoms with Crippen LogP contribution in [-0.2, 0) is 4.79 Å². The van der Waals surface area contributed by atoms with Gasteiger partial charge in [0.2, 0.25) is 5.91 Å². The molecule has 1 amide bonds. The molecule has 0 bridgehead atoms. The van der Waals surface area contributed by atoms with Gasteiger partial charge in [0, 0.05) is 38.0 Å². The van der Waals surface area contributed by atoms with Crippen molar-refractivity contribution in [2.24, 2.45) is 0 Å². The number of thiophene rings is 1. The maximum absolute atomic E-state index is 12.0. The van der Waals surface area contributed by atoms with Crippen LogP contribution in [-0.4, -0.2) is 54.2 Å². The van der Waals surface area contributed by atoms with Crippen LogP contribution in [0.5, 0.6) is 0 Å². The van der Waals surface area contributed by atoms with E-state index in [-0.39, 0.29) is 11.7 Å². The van der Waals surface area contributed by atoms with Gasteiger partial charge in [0.05, 0.1) is 11.4 Å². The van der Waals surface area contributed by atoms with E-state index in [9.17, 15) is 9.59 Å². The first kappa shape index (κ1) is 13.2. The first-order valence-corrected chi connectivity index (χ1v) is 6.95. The molecule has 2 rings (SSSR count). The highest BCUT2D eigenvalue weighted by Gasteiger charge is 2.21. The Morgan fingerprint density at radius 1 is 1.22 bits per heavy atom. The van der Waals surface area contributed by atoms with E-state index >= 15 is 0 Å². The molecule has 4 nitrogen and oxygen atoms in total. The molecule has 98 valence electrons. The number of Topliss-reactive ketones (excluding diaryl/α,β-unsaturated/α-hetero) is 1. The quantitative estimate of drug-likeness (QED) is 0.777. The lowest BCUT2D eigenvalue weighted by molar-refractivity contribution is -0.130. The Balaban J connectivity index is 1.85. The summed E-state index contributed by atoms with van der Waals surface area (Å²) in [6.07, 6.45) is 0. The molecule has 0 atom stereocenters. The van der Waals surface area contributed by atoms with Gasteiger partial charge in [-0.2, -0.15) is 0 Å². The second-order valence-electron chi connectivity index (χ2n) is 4.62. The number of piperazine rings is 1. The Bertz CT molecular complexity index is 448. The zero-order chi connectivity index (χ0) is 13.1. The van der Waals surface area contributed by atoms with Gasteiger partial charge in [-0.25, -0.2) is 0 Å². The van der Waals surface area contributed by atoms with Crippen molar-refractivity contribution in [2.45, 2.75) is 13.8 Å². The van der Waals surface area contributed by atoms with E-state index in [1.807, 2.05) is 24.0 Å². The third-order valence-corrected chi connectivity index (χ3v) is 4.24. The van der Waals surface area contributed by atoms with E-state index in [1.165, 1.54) is 4.88 Å². The Labute approximate surface area is 111 Å². The molecule has 0 saturated carbocycles. The van der Waals surface area contributed by atoms with Crippen LogP contribution in [0.2, 0.25) is 0 Å². The number of carbonyl (C=O) groups excluding carboxylic acids is 2. The normalized spacial score (nSPS) is 16.9. The third kappa shape index (κ3) is 3.17. The topological polar surface area (TPSA) is 40.6 Å². The minimum Gasteiger partial charge on any atom is -0.340 e. The van der Waals surface area contributed by atoms with E-state index in [1.54, 1.807) is 18.3 Å². The number of hydrogen-bond acceptors (Lipinski definition) is 4. The molecule has 1 aliphatic heterocycles. The molecule has 0 N–H and O–H groups in total. The SMILES string of the molecule is CC(=O)N1CCN(CC(=O)c2ccc(C)s2)CC1. The molecule has 2 heterocycles. The molecular formula is C13H18N2O2S. The van der Waals surface area contributed by atoms with Crippen molar-refractivity contribution in [3.8, 4) is 0 Å². The van der Waals surface area contributed by atoms with Gasteiger partial charge in [0.1, 0.15) is 0 Å². The van der Waals surface area contributed by atoms with Crippen LogP contribution in [0.15, 0.2) is 12.1 Å². The number of ketones is 1. The highest BCUT2D eigenvalue weighted by Crippen LogP contribution is 2.16. The Morgan fingerprint density at radius 3 is 2.39 bits per heavy atom. The average molecular weight is 266 g/mol. The van der Waals surface area contributed by atoms with E-state index in [0.29, 0.717) is 6.54 Å². The number of amides is 1. The van der Waals surface area contributed by atoms with Crippen LogP contribution < -0.4 is 0 Å². The maximum atomic E-state index is 12.0. The van der Waals surface area contributed by atoms with E-state index in [0.717, 1.165) is 31.1 Å². The summed E-state index contributed by atoms with van der Waals surface area (Å²) in [4.78, 5) is 29.2. The summed E-state index contributed by atoms with van der Waals surface area (Å²) in [5.41, 5.74) is 0. The van der Waals surface area contributed by atoms with Gasteiger partial charge in [-0.3, -0.25) is 14.5 Å². The zero-order valence-corrected chi connectivity index (χ0v) is 11.6. The average Bonchev–Trinajstić information content (AvgIpc) is 2.76. The van der Waals surface area contributed by atoms with Gasteiger partial charge in [-0.05, 0) is 19.1 Å². The van der Waals surface area contributed by atoms with Gasteiger partial charge >= 0.3 is 0 Å². The van der Waals surface area contributed by atoms with Crippen LogP contribution in [0.3, 0.4) is 0 Å². The van der Waals surface area contributed by atoms with Crippen LogP contribution in [0.4, 0.5) is 0 Å². The van der Waals surface area contributed by atoms with Gasteiger partial charge in [-0.15, -0.1) is 11.3 Å². The van der Waals surface area contributed by atoms with Crippen molar-refractivity contribution < 1.29 is 9.59 Å². The highest BCUT2D eigenvalue weighted by molar-refractivity contribution is 7.14. The number of rotatable bonds is 3. The molecule has 0 unspecified atom stereocenters. The Kier molecular flexibility index (Phi) is 4.14. The molecule has 0 aliphatic carbocycles. The fraction of sp³-hybridized carbons (Fsp3) is 0.538.